The van der Waals surface area contributed by atoms with Gasteiger partial charge in [0.15, 0.2) is 0 Å². The van der Waals surface area contributed by atoms with Crippen LogP contribution in [-0.2, 0) is 40.6 Å². The van der Waals surface area contributed by atoms with Crippen LogP contribution in [0.4, 0.5) is 0 Å². The highest BCUT2D eigenvalue weighted by Gasteiger charge is 2.44. The van der Waals surface area contributed by atoms with Gasteiger partial charge in [0.2, 0.25) is 0 Å². The molecule has 3 unspecified atom stereocenters. The third-order valence-electron chi connectivity index (χ3n) is 7.17. The van der Waals surface area contributed by atoms with Gasteiger partial charge in [0.05, 0.1) is 38.6 Å². The lowest BCUT2D eigenvalue weighted by Gasteiger charge is -2.47. The van der Waals surface area contributed by atoms with Gasteiger partial charge in [-0.25, -0.2) is 0 Å². The summed E-state index contributed by atoms with van der Waals surface area (Å²) in [6.07, 6.45) is -1.59. The smallest absolute Gasteiger partial charge is 0.113 e. The first-order chi connectivity index (χ1) is 19.3. The average molecular weight is 524 g/mol. The van der Waals surface area contributed by atoms with Gasteiger partial charge in [-0.2, -0.15) is 0 Å². The lowest BCUT2D eigenvalue weighted by Crippen LogP contribution is -2.63. The minimum atomic E-state index is -0.705. The number of aliphatic hydroxyl groups is 1. The zero-order valence-electron chi connectivity index (χ0n) is 22.2. The molecule has 0 aliphatic carbocycles. The van der Waals surface area contributed by atoms with Crippen molar-refractivity contribution in [1.82, 2.24) is 4.90 Å². The van der Waals surface area contributed by atoms with Crippen LogP contribution in [0.25, 0.3) is 0 Å². The number of likely N-dealkylation sites (tertiary alicyclic amines) is 1. The molecule has 4 aromatic rings. The molecule has 0 spiro atoms. The third kappa shape index (κ3) is 7.85. The van der Waals surface area contributed by atoms with Crippen molar-refractivity contribution in [3.63, 3.8) is 0 Å². The first-order valence-electron chi connectivity index (χ1n) is 13.6. The molecule has 5 rings (SSSR count). The highest BCUT2D eigenvalue weighted by molar-refractivity contribution is 5.17. The summed E-state index contributed by atoms with van der Waals surface area (Å²) in [7, 11) is 0. The van der Waals surface area contributed by atoms with Crippen molar-refractivity contribution in [3.05, 3.63) is 144 Å². The molecule has 1 fully saturated rings. The Morgan fingerprint density at radius 3 is 1.51 bits per heavy atom. The van der Waals surface area contributed by atoms with E-state index in [2.05, 4.69) is 41.3 Å². The molecule has 5 heteroatoms. The van der Waals surface area contributed by atoms with Crippen LogP contribution in [0, 0.1) is 0 Å². The summed E-state index contributed by atoms with van der Waals surface area (Å²) in [5, 5.41) is 11.4. The Morgan fingerprint density at radius 2 is 1.00 bits per heavy atom. The van der Waals surface area contributed by atoms with Crippen LogP contribution in [0.1, 0.15) is 22.3 Å². The Labute approximate surface area is 231 Å². The van der Waals surface area contributed by atoms with Gasteiger partial charge in [-0.05, 0) is 22.3 Å². The van der Waals surface area contributed by atoms with Crippen LogP contribution in [0.2, 0.25) is 0 Å². The van der Waals surface area contributed by atoms with E-state index in [1.165, 1.54) is 5.56 Å². The highest BCUT2D eigenvalue weighted by Crippen LogP contribution is 2.28. The summed E-state index contributed by atoms with van der Waals surface area (Å²) in [4.78, 5) is 2.28. The Hall–Kier alpha value is -3.32. The molecule has 0 radical (unpaired) electrons. The van der Waals surface area contributed by atoms with Gasteiger partial charge in [-0.1, -0.05) is 121 Å². The van der Waals surface area contributed by atoms with Crippen molar-refractivity contribution < 1.29 is 19.3 Å². The van der Waals surface area contributed by atoms with E-state index in [9.17, 15) is 5.11 Å². The number of hydrogen-bond acceptors (Lipinski definition) is 5. The van der Waals surface area contributed by atoms with Gasteiger partial charge < -0.3 is 19.3 Å². The standard InChI is InChI=1S/C34H37NO4/c36-32-22-35(21-27-13-5-1-6-14-27)31(26-37-23-28-15-7-2-8-16-28)33(38-24-29-17-9-3-10-18-29)34(32)39-25-30-19-11-4-12-20-30/h1-20,31-34,36H,21-26H2/t31?,32?,33-,34?/m1/s1. The molecular formula is C34H37NO4. The molecule has 1 N–H and O–H groups in total. The number of piperidine rings is 1. The van der Waals surface area contributed by atoms with E-state index in [0.29, 0.717) is 39.5 Å². The molecule has 4 aromatic carbocycles. The van der Waals surface area contributed by atoms with Crippen LogP contribution < -0.4 is 0 Å². The Morgan fingerprint density at radius 1 is 0.564 bits per heavy atom. The van der Waals surface area contributed by atoms with Gasteiger partial charge in [0, 0.05) is 13.1 Å². The highest BCUT2D eigenvalue weighted by atomic mass is 16.6. The normalized spacial score (nSPS) is 21.6. The minimum absolute atomic E-state index is 0.109. The molecule has 0 saturated carbocycles. The van der Waals surface area contributed by atoms with Crippen molar-refractivity contribution in [2.24, 2.45) is 0 Å². The van der Waals surface area contributed by atoms with Gasteiger partial charge in [-0.3, -0.25) is 4.90 Å². The molecule has 1 heterocycles. The van der Waals surface area contributed by atoms with Crippen molar-refractivity contribution in [3.8, 4) is 0 Å². The summed E-state index contributed by atoms with van der Waals surface area (Å²) in [6, 6.07) is 40.7. The lowest BCUT2D eigenvalue weighted by atomic mass is 9.92. The van der Waals surface area contributed by atoms with Gasteiger partial charge in [-0.15, -0.1) is 0 Å². The summed E-state index contributed by atoms with van der Waals surface area (Å²) < 4.78 is 19.3. The first kappa shape index (κ1) is 27.3. The molecule has 0 aromatic heterocycles. The van der Waals surface area contributed by atoms with Crippen LogP contribution >= 0.6 is 0 Å². The molecule has 1 aliphatic rings. The molecule has 1 saturated heterocycles. The fourth-order valence-corrected chi connectivity index (χ4v) is 5.14. The summed E-state index contributed by atoms with van der Waals surface area (Å²) in [5.74, 6) is 0. The number of nitrogens with zero attached hydrogens (tertiary/aromatic N) is 1. The Kier molecular flexibility index (Phi) is 9.91. The second-order valence-electron chi connectivity index (χ2n) is 10.1. The molecule has 0 bridgehead atoms. The number of benzene rings is 4. The summed E-state index contributed by atoms with van der Waals surface area (Å²) >= 11 is 0. The molecule has 5 nitrogen and oxygen atoms in total. The predicted octanol–water partition coefficient (Wildman–Crippen LogP) is 5.62. The predicted molar refractivity (Wildman–Crippen MR) is 153 cm³/mol. The van der Waals surface area contributed by atoms with Crippen molar-refractivity contribution in [1.29, 1.82) is 0 Å². The average Bonchev–Trinajstić information content (AvgIpc) is 2.99. The van der Waals surface area contributed by atoms with E-state index in [4.69, 9.17) is 14.2 Å². The minimum Gasteiger partial charge on any atom is -0.389 e. The molecule has 0 amide bonds. The van der Waals surface area contributed by atoms with Crippen LogP contribution in [0.5, 0.6) is 0 Å². The second kappa shape index (κ2) is 14.2. The molecule has 39 heavy (non-hydrogen) atoms. The first-order valence-corrected chi connectivity index (χ1v) is 13.6. The van der Waals surface area contributed by atoms with Gasteiger partial charge in [0.25, 0.3) is 0 Å². The van der Waals surface area contributed by atoms with Crippen LogP contribution in [-0.4, -0.2) is 47.5 Å². The third-order valence-corrected chi connectivity index (χ3v) is 7.17. The maximum atomic E-state index is 11.4. The molecule has 4 atom stereocenters. The number of ether oxygens (including phenoxy) is 3. The van der Waals surface area contributed by atoms with E-state index in [-0.39, 0.29) is 6.04 Å². The van der Waals surface area contributed by atoms with Crippen LogP contribution in [0.3, 0.4) is 0 Å². The largest absolute Gasteiger partial charge is 0.389 e. The summed E-state index contributed by atoms with van der Waals surface area (Å²) in [5.41, 5.74) is 4.46. The maximum Gasteiger partial charge on any atom is 0.113 e. The molecule has 202 valence electrons. The fraction of sp³-hybridized carbons (Fsp3) is 0.294. The number of hydrogen-bond donors (Lipinski definition) is 1. The Balaban J connectivity index is 1.38. The fourth-order valence-electron chi connectivity index (χ4n) is 5.14. The van der Waals surface area contributed by atoms with Crippen molar-refractivity contribution in [2.45, 2.75) is 50.7 Å². The number of rotatable bonds is 12. The second-order valence-corrected chi connectivity index (χ2v) is 10.1. The van der Waals surface area contributed by atoms with E-state index >= 15 is 0 Å². The van der Waals surface area contributed by atoms with Crippen molar-refractivity contribution >= 4 is 0 Å². The van der Waals surface area contributed by atoms with Gasteiger partial charge in [0.1, 0.15) is 12.2 Å². The van der Waals surface area contributed by atoms with Crippen molar-refractivity contribution in [2.75, 3.05) is 13.2 Å². The monoisotopic (exact) mass is 523 g/mol. The van der Waals surface area contributed by atoms with E-state index in [1.54, 1.807) is 0 Å². The molecule has 1 aliphatic heterocycles. The SMILES string of the molecule is OC1CN(Cc2ccccc2)C(COCc2ccccc2)[C@@H](OCc2ccccc2)C1OCc1ccccc1. The van der Waals surface area contributed by atoms with E-state index in [0.717, 1.165) is 16.7 Å². The maximum absolute atomic E-state index is 11.4. The molecular weight excluding hydrogens is 486 g/mol. The number of β-amino-alcohol motifs (C(OH)–C–C–N with tert-alkyl or cyclic N) is 1. The van der Waals surface area contributed by atoms with Gasteiger partial charge >= 0.3 is 0 Å². The zero-order chi connectivity index (χ0) is 26.7. The Bertz CT molecular complexity index is 1220. The summed E-state index contributed by atoms with van der Waals surface area (Å²) in [6.45, 7) is 2.97. The topological polar surface area (TPSA) is 51.2 Å². The lowest BCUT2D eigenvalue weighted by molar-refractivity contribution is -0.198. The van der Waals surface area contributed by atoms with E-state index < -0.39 is 18.3 Å². The van der Waals surface area contributed by atoms with Crippen LogP contribution in [0.15, 0.2) is 121 Å². The number of aliphatic hydroxyl groups excluding tert-OH is 1. The quantitative estimate of drug-likeness (QED) is 0.261. The van der Waals surface area contributed by atoms with E-state index in [1.807, 2.05) is 84.9 Å². The zero-order valence-corrected chi connectivity index (χ0v) is 22.2.